The first kappa shape index (κ1) is 22.3. The first-order valence-electron chi connectivity index (χ1n) is 10.0. The molecule has 1 aromatic heterocycles. The van der Waals surface area contributed by atoms with Crippen LogP contribution in [0, 0.1) is 6.92 Å². The van der Waals surface area contributed by atoms with Gasteiger partial charge in [-0.05, 0) is 56.1 Å². The number of halogens is 3. The van der Waals surface area contributed by atoms with Gasteiger partial charge in [0.25, 0.3) is 10.0 Å². The van der Waals surface area contributed by atoms with Gasteiger partial charge in [0.1, 0.15) is 0 Å². The molecular formula is C22H21F3N2O4S. The van der Waals surface area contributed by atoms with Crippen molar-refractivity contribution in [1.29, 1.82) is 0 Å². The van der Waals surface area contributed by atoms with Crippen molar-refractivity contribution in [1.82, 2.24) is 8.87 Å². The summed E-state index contributed by atoms with van der Waals surface area (Å²) in [6.07, 6.45) is -2.25. The molecule has 4 rings (SSSR count). The second-order valence-electron chi connectivity index (χ2n) is 7.74. The van der Waals surface area contributed by atoms with E-state index in [1.165, 1.54) is 12.1 Å². The maximum absolute atomic E-state index is 13.4. The number of rotatable bonds is 5. The van der Waals surface area contributed by atoms with Crippen LogP contribution in [0.25, 0.3) is 10.9 Å². The summed E-state index contributed by atoms with van der Waals surface area (Å²) in [5.41, 5.74) is 1.22. The quantitative estimate of drug-likeness (QED) is 0.526. The molecule has 0 bridgehead atoms. The fraction of sp³-hybridized carbons (Fsp3) is 0.318. The first-order chi connectivity index (χ1) is 15.1. The number of benzene rings is 2. The number of nitrogens with zero attached hydrogens (tertiary/aromatic N) is 2. The monoisotopic (exact) mass is 466 g/mol. The molecule has 1 fully saturated rings. The molecular weight excluding hydrogens is 445 g/mol. The van der Waals surface area contributed by atoms with Gasteiger partial charge in [-0.2, -0.15) is 13.2 Å². The summed E-state index contributed by atoms with van der Waals surface area (Å²) in [4.78, 5) is 13.7. The zero-order valence-electron chi connectivity index (χ0n) is 17.2. The zero-order valence-corrected chi connectivity index (χ0v) is 18.0. The van der Waals surface area contributed by atoms with E-state index < -0.39 is 27.9 Å². The van der Waals surface area contributed by atoms with E-state index in [1.54, 1.807) is 37.3 Å². The van der Waals surface area contributed by atoms with Crippen molar-refractivity contribution in [3.63, 3.8) is 0 Å². The number of likely N-dealkylation sites (tertiary alicyclic amines) is 1. The van der Waals surface area contributed by atoms with Gasteiger partial charge in [0.15, 0.2) is 5.75 Å². The second kappa shape index (κ2) is 8.25. The molecule has 170 valence electrons. The number of carbonyl (C=O) groups excluding carboxylic acids is 1. The highest BCUT2D eigenvalue weighted by atomic mass is 32.2. The van der Waals surface area contributed by atoms with Gasteiger partial charge in [0, 0.05) is 11.9 Å². The van der Waals surface area contributed by atoms with Crippen LogP contribution in [-0.2, 0) is 21.4 Å². The lowest BCUT2D eigenvalue weighted by molar-refractivity contribution is -0.189. The van der Waals surface area contributed by atoms with Crippen LogP contribution >= 0.6 is 0 Å². The number of ether oxygens (including phenoxy) is 1. The average molecular weight is 466 g/mol. The van der Waals surface area contributed by atoms with Crippen molar-refractivity contribution in [2.75, 3.05) is 13.1 Å². The summed E-state index contributed by atoms with van der Waals surface area (Å²) in [5, 5.41) is 0.175. The molecule has 0 saturated carbocycles. The standard InChI is InChI=1S/C22H21F3N2O4S/c1-15-7-2-3-10-19(15)32(29,30)27-14-18(31-21(28)22(23,24)25)20-16(8-6-9-17(20)27)13-26-11-4-5-12-26/h2-3,6-10,14H,4-5,11-13H2,1H3. The fourth-order valence-corrected chi connectivity index (χ4v) is 5.58. The molecule has 32 heavy (non-hydrogen) atoms. The maximum Gasteiger partial charge on any atom is 0.491 e. The van der Waals surface area contributed by atoms with Crippen molar-refractivity contribution in [2.24, 2.45) is 0 Å². The van der Waals surface area contributed by atoms with Crippen LogP contribution in [0.15, 0.2) is 53.6 Å². The number of fused-ring (bicyclic) bond motifs is 1. The summed E-state index contributed by atoms with van der Waals surface area (Å²) >= 11 is 0. The summed E-state index contributed by atoms with van der Waals surface area (Å²) < 4.78 is 71.1. The fourth-order valence-electron chi connectivity index (χ4n) is 3.99. The van der Waals surface area contributed by atoms with Crippen molar-refractivity contribution in [3.05, 3.63) is 59.8 Å². The highest BCUT2D eigenvalue weighted by Crippen LogP contribution is 2.36. The highest BCUT2D eigenvalue weighted by Gasteiger charge is 2.42. The Morgan fingerprint density at radius 2 is 1.75 bits per heavy atom. The third-order valence-corrected chi connectivity index (χ3v) is 7.34. The number of aromatic nitrogens is 1. The largest absolute Gasteiger partial charge is 0.491 e. The lowest BCUT2D eigenvalue weighted by Crippen LogP contribution is -2.28. The van der Waals surface area contributed by atoms with Crippen molar-refractivity contribution in [2.45, 2.75) is 37.4 Å². The van der Waals surface area contributed by atoms with Gasteiger partial charge in [0.2, 0.25) is 0 Å². The minimum atomic E-state index is -5.22. The van der Waals surface area contributed by atoms with Gasteiger partial charge in [0.05, 0.1) is 16.6 Å². The molecule has 1 aliphatic rings. The minimum Gasteiger partial charge on any atom is -0.418 e. The predicted octanol–water partition coefficient (Wildman–Crippen LogP) is 4.25. The molecule has 1 aliphatic heterocycles. The van der Waals surface area contributed by atoms with Gasteiger partial charge in [-0.25, -0.2) is 17.2 Å². The van der Waals surface area contributed by atoms with Crippen molar-refractivity contribution >= 4 is 26.9 Å². The predicted molar refractivity (Wildman–Crippen MR) is 112 cm³/mol. The summed E-state index contributed by atoms with van der Waals surface area (Å²) in [6, 6.07) is 11.1. The summed E-state index contributed by atoms with van der Waals surface area (Å²) in [6.45, 7) is 3.69. The van der Waals surface area contributed by atoms with Gasteiger partial charge < -0.3 is 4.74 Å². The van der Waals surface area contributed by atoms with E-state index in [1.807, 2.05) is 0 Å². The normalized spacial score (nSPS) is 15.4. The van der Waals surface area contributed by atoms with Crippen LogP contribution in [0.2, 0.25) is 0 Å². The summed E-state index contributed by atoms with van der Waals surface area (Å²) in [5.74, 6) is -2.84. The Kier molecular flexibility index (Phi) is 5.76. The smallest absolute Gasteiger partial charge is 0.418 e. The van der Waals surface area contributed by atoms with E-state index in [9.17, 15) is 26.4 Å². The molecule has 10 heteroatoms. The molecule has 6 nitrogen and oxygen atoms in total. The average Bonchev–Trinajstić information content (AvgIpc) is 3.36. The molecule has 0 radical (unpaired) electrons. The third-order valence-electron chi connectivity index (χ3n) is 5.50. The van der Waals surface area contributed by atoms with Crippen LogP contribution in [0.1, 0.15) is 24.0 Å². The van der Waals surface area contributed by atoms with Crippen LogP contribution in [0.4, 0.5) is 13.2 Å². The molecule has 0 amide bonds. The lowest BCUT2D eigenvalue weighted by Gasteiger charge is -2.16. The Morgan fingerprint density at radius 3 is 2.41 bits per heavy atom. The van der Waals surface area contributed by atoms with E-state index in [2.05, 4.69) is 9.64 Å². The molecule has 2 aromatic carbocycles. The molecule has 3 aromatic rings. The molecule has 0 aliphatic carbocycles. The SMILES string of the molecule is Cc1ccccc1S(=O)(=O)n1cc(OC(=O)C(F)(F)F)c2c(CN3CCCC3)cccc21. The summed E-state index contributed by atoms with van der Waals surface area (Å²) in [7, 11) is -4.16. The van der Waals surface area contributed by atoms with Crippen LogP contribution in [-0.4, -0.2) is 42.5 Å². The molecule has 0 N–H and O–H groups in total. The molecule has 0 spiro atoms. The number of carbonyl (C=O) groups is 1. The van der Waals surface area contributed by atoms with Gasteiger partial charge in [-0.1, -0.05) is 30.3 Å². The topological polar surface area (TPSA) is 68.6 Å². The van der Waals surface area contributed by atoms with E-state index in [0.717, 1.165) is 36.1 Å². The number of hydrogen-bond donors (Lipinski definition) is 0. The Hall–Kier alpha value is -2.85. The maximum atomic E-state index is 13.4. The number of alkyl halides is 3. The first-order valence-corrected chi connectivity index (χ1v) is 11.5. The van der Waals surface area contributed by atoms with E-state index >= 15 is 0 Å². The third kappa shape index (κ3) is 4.12. The number of aryl methyl sites for hydroxylation is 1. The second-order valence-corrected chi connectivity index (χ2v) is 9.52. The zero-order chi connectivity index (χ0) is 23.1. The van der Waals surface area contributed by atoms with Gasteiger partial charge >= 0.3 is 12.1 Å². The van der Waals surface area contributed by atoms with Crippen LogP contribution in [0.5, 0.6) is 5.75 Å². The van der Waals surface area contributed by atoms with Crippen molar-refractivity contribution in [3.8, 4) is 5.75 Å². The van der Waals surface area contributed by atoms with E-state index in [4.69, 9.17) is 0 Å². The van der Waals surface area contributed by atoms with Crippen LogP contribution in [0.3, 0.4) is 0 Å². The Bertz CT molecular complexity index is 1280. The Morgan fingerprint density at radius 1 is 1.06 bits per heavy atom. The van der Waals surface area contributed by atoms with Gasteiger partial charge in [-0.3, -0.25) is 4.90 Å². The highest BCUT2D eigenvalue weighted by molar-refractivity contribution is 7.90. The lowest BCUT2D eigenvalue weighted by atomic mass is 10.1. The molecule has 0 unspecified atom stereocenters. The Labute approximate surface area is 183 Å². The Balaban J connectivity index is 1.91. The minimum absolute atomic E-state index is 0.00976. The van der Waals surface area contributed by atoms with Gasteiger partial charge in [-0.15, -0.1) is 0 Å². The van der Waals surface area contributed by atoms with E-state index in [0.29, 0.717) is 17.7 Å². The molecule has 2 heterocycles. The van der Waals surface area contributed by atoms with Crippen LogP contribution < -0.4 is 4.74 Å². The van der Waals surface area contributed by atoms with E-state index in [-0.39, 0.29) is 15.8 Å². The van der Waals surface area contributed by atoms with Crippen molar-refractivity contribution < 1.29 is 31.1 Å². The number of hydrogen-bond acceptors (Lipinski definition) is 5. The molecule has 1 saturated heterocycles. The molecule has 0 atom stereocenters. The number of esters is 1.